The lowest BCUT2D eigenvalue weighted by Gasteiger charge is -2.30. The van der Waals surface area contributed by atoms with Gasteiger partial charge in [0.05, 0.1) is 19.3 Å². The van der Waals surface area contributed by atoms with Gasteiger partial charge in [0.25, 0.3) is 0 Å². The van der Waals surface area contributed by atoms with Gasteiger partial charge >= 0.3 is 5.97 Å². The number of carbonyl (C=O) groups excluding carboxylic acids is 3. The average molecular weight is 414 g/mol. The normalized spacial score (nSPS) is 14.9. The van der Waals surface area contributed by atoms with Crippen LogP contribution in [0, 0.1) is 5.92 Å². The SMILES string of the molecule is CCOC(=O)c1cnn(C)c1NC(=O)CN1CCC(C(=O)Nc2ccccn2)CC1. The van der Waals surface area contributed by atoms with Gasteiger partial charge in [-0.2, -0.15) is 5.10 Å². The van der Waals surface area contributed by atoms with Crippen molar-refractivity contribution in [1.29, 1.82) is 0 Å². The molecule has 1 saturated heterocycles. The summed E-state index contributed by atoms with van der Waals surface area (Å²) in [6.07, 6.45) is 4.32. The van der Waals surface area contributed by atoms with Crippen LogP contribution < -0.4 is 10.6 Å². The first kappa shape index (κ1) is 21.4. The number of rotatable bonds is 7. The number of amides is 2. The van der Waals surface area contributed by atoms with Crippen LogP contribution in [0.5, 0.6) is 0 Å². The molecule has 1 aliphatic rings. The highest BCUT2D eigenvalue weighted by atomic mass is 16.5. The molecule has 0 saturated carbocycles. The third-order valence-corrected chi connectivity index (χ3v) is 4.93. The Balaban J connectivity index is 1.48. The third kappa shape index (κ3) is 5.41. The molecule has 3 heterocycles. The van der Waals surface area contributed by atoms with Gasteiger partial charge in [-0.25, -0.2) is 9.78 Å². The first-order chi connectivity index (χ1) is 14.5. The lowest BCUT2D eigenvalue weighted by molar-refractivity contribution is -0.121. The minimum atomic E-state index is -0.527. The molecule has 2 N–H and O–H groups in total. The van der Waals surface area contributed by atoms with E-state index in [4.69, 9.17) is 4.74 Å². The van der Waals surface area contributed by atoms with Gasteiger partial charge in [-0.3, -0.25) is 19.2 Å². The van der Waals surface area contributed by atoms with E-state index in [0.29, 0.717) is 37.6 Å². The molecule has 0 aliphatic carbocycles. The molecule has 3 rings (SSSR count). The second kappa shape index (κ2) is 9.97. The van der Waals surface area contributed by atoms with E-state index in [9.17, 15) is 14.4 Å². The smallest absolute Gasteiger partial charge is 0.343 e. The van der Waals surface area contributed by atoms with Crippen molar-refractivity contribution in [2.45, 2.75) is 19.8 Å². The van der Waals surface area contributed by atoms with E-state index in [0.717, 1.165) is 0 Å². The largest absolute Gasteiger partial charge is 0.462 e. The van der Waals surface area contributed by atoms with Gasteiger partial charge in [-0.1, -0.05) is 6.07 Å². The zero-order valence-electron chi connectivity index (χ0n) is 17.1. The monoisotopic (exact) mass is 414 g/mol. The first-order valence-corrected chi connectivity index (χ1v) is 9.91. The number of nitrogens with zero attached hydrogens (tertiary/aromatic N) is 4. The summed E-state index contributed by atoms with van der Waals surface area (Å²) < 4.78 is 6.42. The molecule has 2 amide bonds. The Bertz CT molecular complexity index is 890. The number of pyridine rings is 1. The molecule has 1 fully saturated rings. The lowest BCUT2D eigenvalue weighted by Crippen LogP contribution is -2.42. The maximum Gasteiger partial charge on any atom is 0.343 e. The summed E-state index contributed by atoms with van der Waals surface area (Å²) in [6, 6.07) is 5.36. The first-order valence-electron chi connectivity index (χ1n) is 9.91. The van der Waals surface area contributed by atoms with Crippen LogP contribution in [0.1, 0.15) is 30.1 Å². The Morgan fingerprint density at radius 3 is 2.63 bits per heavy atom. The predicted molar refractivity (Wildman–Crippen MR) is 110 cm³/mol. The van der Waals surface area contributed by atoms with E-state index in [1.807, 2.05) is 11.0 Å². The molecule has 1 aliphatic heterocycles. The summed E-state index contributed by atoms with van der Waals surface area (Å²) in [4.78, 5) is 43.0. The van der Waals surface area contributed by atoms with Crippen LogP contribution >= 0.6 is 0 Å². The van der Waals surface area contributed by atoms with Crippen molar-refractivity contribution in [3.8, 4) is 0 Å². The van der Waals surface area contributed by atoms with Crippen molar-refractivity contribution in [2.24, 2.45) is 13.0 Å². The highest BCUT2D eigenvalue weighted by Crippen LogP contribution is 2.20. The van der Waals surface area contributed by atoms with Gasteiger partial charge in [0.1, 0.15) is 17.2 Å². The van der Waals surface area contributed by atoms with E-state index in [1.165, 1.54) is 10.9 Å². The maximum absolute atomic E-state index is 12.5. The molecule has 0 spiro atoms. The Kier molecular flexibility index (Phi) is 7.12. The van der Waals surface area contributed by atoms with Gasteiger partial charge in [0.2, 0.25) is 11.8 Å². The molecule has 2 aromatic rings. The maximum atomic E-state index is 12.5. The number of hydrogen-bond acceptors (Lipinski definition) is 7. The van der Waals surface area contributed by atoms with Crippen LogP contribution in [0.2, 0.25) is 0 Å². The fraction of sp³-hybridized carbons (Fsp3) is 0.450. The van der Waals surface area contributed by atoms with Gasteiger partial charge in [-0.15, -0.1) is 0 Å². The van der Waals surface area contributed by atoms with Crippen molar-refractivity contribution >= 4 is 29.4 Å². The molecule has 10 heteroatoms. The summed E-state index contributed by atoms with van der Waals surface area (Å²) in [7, 11) is 1.64. The number of aromatic nitrogens is 3. The number of nitrogens with one attached hydrogen (secondary N) is 2. The van der Waals surface area contributed by atoms with Crippen molar-refractivity contribution in [1.82, 2.24) is 19.7 Å². The third-order valence-electron chi connectivity index (χ3n) is 4.93. The van der Waals surface area contributed by atoms with Crippen LogP contribution in [-0.4, -0.2) is 63.7 Å². The predicted octanol–water partition coefficient (Wildman–Crippen LogP) is 1.28. The van der Waals surface area contributed by atoms with Crippen LogP contribution in [0.15, 0.2) is 30.6 Å². The molecular formula is C20H26N6O4. The highest BCUT2D eigenvalue weighted by molar-refractivity contribution is 6.00. The average Bonchev–Trinajstić information content (AvgIpc) is 3.09. The lowest BCUT2D eigenvalue weighted by atomic mass is 9.96. The molecule has 30 heavy (non-hydrogen) atoms. The number of ether oxygens (including phenoxy) is 1. The number of esters is 1. The second-order valence-electron chi connectivity index (χ2n) is 7.05. The van der Waals surface area contributed by atoms with Crippen LogP contribution in [0.25, 0.3) is 0 Å². The Morgan fingerprint density at radius 1 is 1.20 bits per heavy atom. The standard InChI is InChI=1S/C20H26N6O4/c1-3-30-20(29)15-12-22-25(2)18(15)24-17(27)13-26-10-7-14(8-11-26)19(28)23-16-6-4-5-9-21-16/h4-6,9,12,14H,3,7-8,10-11,13H2,1-2H3,(H,24,27)(H,21,23,28). The molecule has 10 nitrogen and oxygen atoms in total. The number of hydrogen-bond donors (Lipinski definition) is 2. The number of carbonyl (C=O) groups is 3. The minimum Gasteiger partial charge on any atom is -0.462 e. The fourth-order valence-electron chi connectivity index (χ4n) is 3.34. The molecule has 160 valence electrons. The molecule has 0 unspecified atom stereocenters. The van der Waals surface area contributed by atoms with E-state index in [1.54, 1.807) is 32.3 Å². The molecule has 0 radical (unpaired) electrons. The van der Waals surface area contributed by atoms with Gasteiger partial charge in [0, 0.05) is 19.2 Å². The topological polar surface area (TPSA) is 118 Å². The molecular weight excluding hydrogens is 388 g/mol. The fourth-order valence-corrected chi connectivity index (χ4v) is 3.34. The number of aryl methyl sites for hydroxylation is 1. The zero-order chi connectivity index (χ0) is 21.5. The van der Waals surface area contributed by atoms with Gasteiger partial charge in [-0.05, 0) is 45.0 Å². The van der Waals surface area contributed by atoms with Crippen molar-refractivity contribution in [3.63, 3.8) is 0 Å². The zero-order valence-corrected chi connectivity index (χ0v) is 17.1. The summed E-state index contributed by atoms with van der Waals surface area (Å²) in [5.74, 6) is -0.0901. The van der Waals surface area contributed by atoms with Crippen LogP contribution in [0.4, 0.5) is 11.6 Å². The number of anilines is 2. The number of piperidine rings is 1. The summed E-state index contributed by atoms with van der Waals surface area (Å²) in [5, 5.41) is 9.59. The Hall–Kier alpha value is -3.27. The van der Waals surface area contributed by atoms with Crippen molar-refractivity contribution in [2.75, 3.05) is 36.9 Å². The van der Waals surface area contributed by atoms with Crippen LogP contribution in [-0.2, 0) is 21.4 Å². The molecule has 0 atom stereocenters. The summed E-state index contributed by atoms with van der Waals surface area (Å²) >= 11 is 0. The highest BCUT2D eigenvalue weighted by Gasteiger charge is 2.27. The van der Waals surface area contributed by atoms with Gasteiger partial charge in [0.15, 0.2) is 0 Å². The van der Waals surface area contributed by atoms with E-state index in [2.05, 4.69) is 20.7 Å². The Labute approximate surface area is 174 Å². The van der Waals surface area contributed by atoms with Crippen molar-refractivity contribution < 1.29 is 19.1 Å². The van der Waals surface area contributed by atoms with E-state index in [-0.39, 0.29) is 36.4 Å². The van der Waals surface area contributed by atoms with E-state index >= 15 is 0 Å². The van der Waals surface area contributed by atoms with E-state index < -0.39 is 5.97 Å². The minimum absolute atomic E-state index is 0.0493. The quantitative estimate of drug-likeness (QED) is 0.655. The number of likely N-dealkylation sites (tertiary alicyclic amines) is 1. The summed E-state index contributed by atoms with van der Waals surface area (Å²) in [6.45, 7) is 3.38. The Morgan fingerprint density at radius 2 is 1.97 bits per heavy atom. The van der Waals surface area contributed by atoms with Crippen LogP contribution in [0.3, 0.4) is 0 Å². The van der Waals surface area contributed by atoms with Gasteiger partial charge < -0.3 is 15.4 Å². The molecule has 0 bridgehead atoms. The molecule has 0 aromatic carbocycles. The second-order valence-corrected chi connectivity index (χ2v) is 7.05. The summed E-state index contributed by atoms with van der Waals surface area (Å²) in [5.41, 5.74) is 0.220. The molecule has 2 aromatic heterocycles. The van der Waals surface area contributed by atoms with Crippen molar-refractivity contribution in [3.05, 3.63) is 36.2 Å².